The van der Waals surface area contributed by atoms with Gasteiger partial charge in [-0.3, -0.25) is 14.3 Å². The fraction of sp³-hybridized carbons (Fsp3) is 0.333. The second kappa shape index (κ2) is 7.59. The number of pyridine rings is 1. The normalized spacial score (nSPS) is 15.0. The number of nitrogens with one attached hydrogen (secondary N) is 1. The van der Waals surface area contributed by atoms with Crippen molar-refractivity contribution in [1.82, 2.24) is 25.1 Å². The zero-order valence-electron chi connectivity index (χ0n) is 14.3. The van der Waals surface area contributed by atoms with Crippen LogP contribution in [0.25, 0.3) is 11.4 Å². The topological polar surface area (TPSA) is 72.7 Å². The van der Waals surface area contributed by atoms with E-state index in [1.165, 1.54) is 11.8 Å². The Morgan fingerprint density at radius 2 is 2.27 bits per heavy atom. The van der Waals surface area contributed by atoms with Crippen LogP contribution in [-0.4, -0.2) is 30.9 Å². The summed E-state index contributed by atoms with van der Waals surface area (Å²) < 4.78 is 2.16. The third-order valence-electron chi connectivity index (χ3n) is 4.16. The molecule has 0 spiro atoms. The number of aromatic nitrogens is 4. The molecule has 26 heavy (non-hydrogen) atoms. The van der Waals surface area contributed by atoms with Crippen LogP contribution in [0.15, 0.2) is 47.2 Å². The summed E-state index contributed by atoms with van der Waals surface area (Å²) in [6.07, 6.45) is 5.79. The van der Waals surface area contributed by atoms with Gasteiger partial charge in [0.15, 0.2) is 11.0 Å². The number of rotatable bonds is 7. The van der Waals surface area contributed by atoms with Crippen LogP contribution in [0.4, 0.5) is 0 Å². The Balaban J connectivity index is 1.47. The van der Waals surface area contributed by atoms with Gasteiger partial charge in [0.25, 0.3) is 0 Å². The molecule has 0 aliphatic heterocycles. The molecule has 134 valence electrons. The molecule has 1 saturated carbocycles. The molecule has 1 fully saturated rings. The van der Waals surface area contributed by atoms with E-state index in [1.807, 2.05) is 36.6 Å². The number of thioether (sulfide) groups is 1. The SMILES string of the molecule is C[C@H](Sc1nnc(-c2cccnc2)n1C1CC1)C(=O)NCc1cccs1. The number of amides is 1. The van der Waals surface area contributed by atoms with Crippen molar-refractivity contribution in [2.45, 2.75) is 42.8 Å². The average Bonchev–Trinajstić information content (AvgIpc) is 3.20. The van der Waals surface area contributed by atoms with E-state index < -0.39 is 0 Å². The number of carbonyl (C=O) groups is 1. The summed E-state index contributed by atoms with van der Waals surface area (Å²) in [6.45, 7) is 2.47. The predicted molar refractivity (Wildman–Crippen MR) is 103 cm³/mol. The maximum Gasteiger partial charge on any atom is 0.233 e. The van der Waals surface area contributed by atoms with Crippen LogP contribution in [0.3, 0.4) is 0 Å². The van der Waals surface area contributed by atoms with Gasteiger partial charge in [-0.05, 0) is 43.3 Å². The van der Waals surface area contributed by atoms with E-state index in [1.54, 1.807) is 23.7 Å². The molecule has 3 aromatic heterocycles. The highest BCUT2D eigenvalue weighted by molar-refractivity contribution is 8.00. The summed E-state index contributed by atoms with van der Waals surface area (Å²) in [7, 11) is 0. The van der Waals surface area contributed by atoms with Gasteiger partial charge < -0.3 is 5.32 Å². The van der Waals surface area contributed by atoms with Crippen LogP contribution in [0, 0.1) is 0 Å². The molecule has 8 heteroatoms. The summed E-state index contributed by atoms with van der Waals surface area (Å²) in [5.74, 6) is 0.839. The van der Waals surface area contributed by atoms with Crippen molar-refractivity contribution in [3.05, 3.63) is 46.9 Å². The fourth-order valence-electron chi connectivity index (χ4n) is 2.65. The zero-order valence-corrected chi connectivity index (χ0v) is 16.0. The summed E-state index contributed by atoms with van der Waals surface area (Å²) in [4.78, 5) is 17.7. The Bertz CT molecular complexity index is 874. The highest BCUT2D eigenvalue weighted by Crippen LogP contribution is 2.41. The molecule has 0 unspecified atom stereocenters. The van der Waals surface area contributed by atoms with E-state index in [9.17, 15) is 4.79 Å². The first kappa shape index (κ1) is 17.2. The highest BCUT2D eigenvalue weighted by Gasteiger charge is 2.31. The van der Waals surface area contributed by atoms with Gasteiger partial charge in [0.05, 0.1) is 11.8 Å². The third-order valence-corrected chi connectivity index (χ3v) is 6.10. The lowest BCUT2D eigenvalue weighted by molar-refractivity contribution is -0.120. The molecule has 3 heterocycles. The van der Waals surface area contributed by atoms with Gasteiger partial charge >= 0.3 is 0 Å². The molecule has 1 aliphatic rings. The maximum absolute atomic E-state index is 12.4. The number of hydrogen-bond donors (Lipinski definition) is 1. The Kier molecular flexibility index (Phi) is 5.03. The van der Waals surface area contributed by atoms with Crippen molar-refractivity contribution >= 4 is 29.0 Å². The third kappa shape index (κ3) is 3.81. The van der Waals surface area contributed by atoms with Gasteiger partial charge in [-0.15, -0.1) is 21.5 Å². The summed E-state index contributed by atoms with van der Waals surface area (Å²) >= 11 is 3.10. The van der Waals surface area contributed by atoms with E-state index in [-0.39, 0.29) is 11.2 Å². The minimum Gasteiger partial charge on any atom is -0.350 e. The van der Waals surface area contributed by atoms with E-state index in [4.69, 9.17) is 0 Å². The van der Waals surface area contributed by atoms with Gasteiger partial charge in [0.1, 0.15) is 0 Å². The molecule has 6 nitrogen and oxygen atoms in total. The maximum atomic E-state index is 12.4. The standard InChI is InChI=1S/C18H19N5OS2/c1-12(17(24)20-11-15-5-3-9-25-15)26-18-22-21-16(23(18)14-6-7-14)13-4-2-8-19-10-13/h2-5,8-10,12,14H,6-7,11H2,1H3,(H,20,24)/t12-/m0/s1. The predicted octanol–water partition coefficient (Wildman–Crippen LogP) is 3.53. The fourth-order valence-corrected chi connectivity index (χ4v) is 4.24. The number of nitrogens with zero attached hydrogens (tertiary/aromatic N) is 4. The molecule has 1 aliphatic carbocycles. The average molecular weight is 386 g/mol. The number of hydrogen-bond acceptors (Lipinski definition) is 6. The van der Waals surface area contributed by atoms with E-state index in [2.05, 4.69) is 25.1 Å². The van der Waals surface area contributed by atoms with Crippen LogP contribution in [0.5, 0.6) is 0 Å². The molecular formula is C18H19N5OS2. The molecule has 1 amide bonds. The monoisotopic (exact) mass is 385 g/mol. The molecule has 4 rings (SSSR count). The van der Waals surface area contributed by atoms with Crippen molar-refractivity contribution in [3.63, 3.8) is 0 Å². The summed E-state index contributed by atoms with van der Waals surface area (Å²) in [6, 6.07) is 8.31. The van der Waals surface area contributed by atoms with Crippen molar-refractivity contribution in [1.29, 1.82) is 0 Å². The first-order chi connectivity index (χ1) is 12.7. The number of carbonyl (C=O) groups excluding carboxylic acids is 1. The molecule has 0 bridgehead atoms. The largest absolute Gasteiger partial charge is 0.350 e. The lowest BCUT2D eigenvalue weighted by Crippen LogP contribution is -2.30. The van der Waals surface area contributed by atoms with Gasteiger partial charge in [-0.2, -0.15) is 0 Å². The molecule has 0 saturated heterocycles. The van der Waals surface area contributed by atoms with E-state index >= 15 is 0 Å². The second-order valence-electron chi connectivity index (χ2n) is 6.21. The second-order valence-corrected chi connectivity index (χ2v) is 8.55. The molecule has 0 aromatic carbocycles. The summed E-state index contributed by atoms with van der Waals surface area (Å²) in [5, 5.41) is 14.3. The van der Waals surface area contributed by atoms with Gasteiger partial charge in [0.2, 0.25) is 5.91 Å². The van der Waals surface area contributed by atoms with Crippen molar-refractivity contribution < 1.29 is 4.79 Å². The summed E-state index contributed by atoms with van der Waals surface area (Å²) in [5.41, 5.74) is 0.952. The molecule has 3 aromatic rings. The van der Waals surface area contributed by atoms with Crippen LogP contribution in [-0.2, 0) is 11.3 Å². The zero-order chi connectivity index (χ0) is 17.9. The smallest absolute Gasteiger partial charge is 0.233 e. The first-order valence-corrected chi connectivity index (χ1v) is 10.3. The van der Waals surface area contributed by atoms with Gasteiger partial charge in [-0.1, -0.05) is 17.8 Å². The molecule has 1 N–H and O–H groups in total. The van der Waals surface area contributed by atoms with Crippen LogP contribution < -0.4 is 5.32 Å². The Hall–Kier alpha value is -2.19. The highest BCUT2D eigenvalue weighted by atomic mass is 32.2. The Morgan fingerprint density at radius 1 is 1.38 bits per heavy atom. The van der Waals surface area contributed by atoms with Crippen LogP contribution in [0.2, 0.25) is 0 Å². The van der Waals surface area contributed by atoms with E-state index in [0.717, 1.165) is 34.3 Å². The minimum atomic E-state index is -0.238. The minimum absolute atomic E-state index is 0.0108. The quantitative estimate of drug-likeness (QED) is 0.630. The van der Waals surface area contributed by atoms with E-state index in [0.29, 0.717) is 12.6 Å². The van der Waals surface area contributed by atoms with Gasteiger partial charge in [0, 0.05) is 28.9 Å². The van der Waals surface area contributed by atoms with Crippen molar-refractivity contribution in [3.8, 4) is 11.4 Å². The number of thiophene rings is 1. The van der Waals surface area contributed by atoms with Crippen LogP contribution in [0.1, 0.15) is 30.7 Å². The Labute approximate surface area is 160 Å². The lowest BCUT2D eigenvalue weighted by Gasteiger charge is -2.13. The Morgan fingerprint density at radius 3 is 2.96 bits per heavy atom. The van der Waals surface area contributed by atoms with Crippen LogP contribution >= 0.6 is 23.1 Å². The van der Waals surface area contributed by atoms with Crippen molar-refractivity contribution in [2.24, 2.45) is 0 Å². The van der Waals surface area contributed by atoms with Gasteiger partial charge in [-0.25, -0.2) is 0 Å². The molecule has 1 atom stereocenters. The molecular weight excluding hydrogens is 366 g/mol. The lowest BCUT2D eigenvalue weighted by atomic mass is 10.3. The first-order valence-electron chi connectivity index (χ1n) is 8.54. The van der Waals surface area contributed by atoms with Crippen molar-refractivity contribution in [2.75, 3.05) is 0 Å². The molecule has 0 radical (unpaired) electrons.